The summed E-state index contributed by atoms with van der Waals surface area (Å²) in [4.78, 5) is 0.342. The lowest BCUT2D eigenvalue weighted by Gasteiger charge is -2.26. The van der Waals surface area contributed by atoms with Crippen molar-refractivity contribution >= 4 is 11.1 Å². The third kappa shape index (κ3) is 5.07. The first kappa shape index (κ1) is 21.8. The van der Waals surface area contributed by atoms with Crippen LogP contribution < -0.4 is 9.47 Å². The number of hydrogen-bond acceptors (Lipinski definition) is 3. The Morgan fingerprint density at radius 3 is 1.38 bits per heavy atom. The summed E-state index contributed by atoms with van der Waals surface area (Å²) in [5, 5.41) is 0. The molecule has 0 aliphatic carbocycles. The van der Waals surface area contributed by atoms with Gasteiger partial charge in [-0.1, -0.05) is 56.3 Å². The number of rotatable bonds is 7. The van der Waals surface area contributed by atoms with Crippen molar-refractivity contribution in [1.29, 1.82) is 0 Å². The van der Waals surface area contributed by atoms with Gasteiger partial charge < -0.3 is 14.0 Å². The summed E-state index contributed by atoms with van der Waals surface area (Å²) >= 11 is -1.99. The first-order chi connectivity index (χ1) is 15.4. The molecule has 0 bridgehead atoms. The largest absolute Gasteiger partial charge is 0.457 e. The lowest BCUT2D eigenvalue weighted by molar-refractivity contribution is 0.481. The van der Waals surface area contributed by atoms with E-state index in [4.69, 9.17) is 14.0 Å². The van der Waals surface area contributed by atoms with Gasteiger partial charge in [0.15, 0.2) is 11.1 Å². The van der Waals surface area contributed by atoms with Gasteiger partial charge in [-0.25, -0.2) is 4.21 Å². The van der Waals surface area contributed by atoms with Crippen molar-refractivity contribution in [2.45, 2.75) is 24.2 Å². The van der Waals surface area contributed by atoms with Gasteiger partial charge in [0.1, 0.15) is 23.0 Å². The summed E-state index contributed by atoms with van der Waals surface area (Å²) in [7, 11) is 0. The summed E-state index contributed by atoms with van der Waals surface area (Å²) in [6.45, 7) is 4.37. The van der Waals surface area contributed by atoms with Crippen molar-refractivity contribution in [3.63, 3.8) is 0 Å². The third-order valence-electron chi connectivity index (χ3n) is 5.39. The van der Waals surface area contributed by atoms with Crippen LogP contribution >= 0.6 is 0 Å². The predicted molar refractivity (Wildman–Crippen MR) is 127 cm³/mol. The molecule has 4 nitrogen and oxygen atoms in total. The van der Waals surface area contributed by atoms with E-state index in [9.17, 15) is 4.21 Å². The van der Waals surface area contributed by atoms with Gasteiger partial charge in [0.25, 0.3) is 0 Å². The van der Waals surface area contributed by atoms with Crippen LogP contribution in [0.2, 0.25) is 0 Å². The van der Waals surface area contributed by atoms with E-state index in [1.807, 2.05) is 54.6 Å². The van der Waals surface area contributed by atoms with E-state index in [0.29, 0.717) is 16.4 Å². The van der Waals surface area contributed by atoms with Crippen LogP contribution in [-0.2, 0) is 16.5 Å². The second-order valence-corrected chi connectivity index (χ2v) is 8.88. The highest BCUT2D eigenvalue weighted by molar-refractivity contribution is 7.79. The minimum atomic E-state index is -1.99. The zero-order valence-corrected chi connectivity index (χ0v) is 18.7. The molecule has 0 saturated carbocycles. The average molecular weight is 445 g/mol. The van der Waals surface area contributed by atoms with Crippen molar-refractivity contribution in [2.75, 3.05) is 0 Å². The molecule has 0 radical (unpaired) electrons. The van der Waals surface area contributed by atoms with Gasteiger partial charge in [-0.2, -0.15) is 0 Å². The van der Waals surface area contributed by atoms with Crippen molar-refractivity contribution in [1.82, 2.24) is 0 Å². The Hall–Kier alpha value is -3.41. The Balaban J connectivity index is 1.45. The van der Waals surface area contributed by atoms with Gasteiger partial charge in [-0.05, 0) is 71.8 Å². The Bertz CT molecular complexity index is 1180. The fourth-order valence-electron chi connectivity index (χ4n) is 3.43. The molecule has 0 aliphatic rings. The molecule has 5 heteroatoms. The van der Waals surface area contributed by atoms with Crippen LogP contribution in [0.1, 0.15) is 25.0 Å². The normalized spacial score (nSPS) is 12.2. The van der Waals surface area contributed by atoms with E-state index in [-0.39, 0.29) is 5.41 Å². The Morgan fingerprint density at radius 2 is 0.969 bits per heavy atom. The molecule has 1 atom stereocenters. The van der Waals surface area contributed by atoms with Gasteiger partial charge in [-0.15, -0.1) is 0 Å². The molecule has 4 rings (SSSR count). The van der Waals surface area contributed by atoms with E-state index >= 15 is 0 Å². The van der Waals surface area contributed by atoms with Crippen molar-refractivity contribution in [3.8, 4) is 23.0 Å². The predicted octanol–water partition coefficient (Wildman–Crippen LogP) is 7.18. The smallest absolute Gasteiger partial charge is 0.186 e. The van der Waals surface area contributed by atoms with Crippen LogP contribution in [0.25, 0.3) is 0 Å². The lowest BCUT2D eigenvalue weighted by atomic mass is 9.78. The highest BCUT2D eigenvalue weighted by Crippen LogP contribution is 2.34. The molecule has 0 aliphatic heterocycles. The van der Waals surface area contributed by atoms with Gasteiger partial charge in [0.2, 0.25) is 0 Å². The highest BCUT2D eigenvalue weighted by Gasteiger charge is 2.23. The molecule has 162 valence electrons. The van der Waals surface area contributed by atoms with Crippen molar-refractivity contribution < 1.29 is 18.2 Å². The first-order valence-electron chi connectivity index (χ1n) is 10.2. The second kappa shape index (κ2) is 9.39. The summed E-state index contributed by atoms with van der Waals surface area (Å²) in [6, 6.07) is 32.4. The number of hydrogen-bond donors (Lipinski definition) is 1. The van der Waals surface area contributed by atoms with E-state index in [1.54, 1.807) is 24.3 Å². The van der Waals surface area contributed by atoms with E-state index in [1.165, 1.54) is 5.56 Å². The fraction of sp³-hybridized carbons (Fsp3) is 0.111. The van der Waals surface area contributed by atoms with Crippen LogP contribution in [-0.4, -0.2) is 8.76 Å². The molecule has 0 fully saturated rings. The zero-order chi connectivity index (χ0) is 22.6. The maximum atomic E-state index is 11.1. The molecule has 4 aromatic carbocycles. The monoisotopic (exact) mass is 444 g/mol. The molecule has 0 spiro atoms. The zero-order valence-electron chi connectivity index (χ0n) is 17.9. The molecule has 1 unspecified atom stereocenters. The van der Waals surface area contributed by atoms with E-state index in [0.717, 1.165) is 17.1 Å². The Morgan fingerprint density at radius 1 is 0.594 bits per heavy atom. The molecular weight excluding hydrogens is 420 g/mol. The fourth-order valence-corrected chi connectivity index (χ4v) is 3.80. The summed E-state index contributed by atoms with van der Waals surface area (Å²) in [5.74, 6) is 2.93. The van der Waals surface area contributed by atoms with E-state index < -0.39 is 11.1 Å². The average Bonchev–Trinajstić information content (AvgIpc) is 2.81. The first-order valence-corrected chi connectivity index (χ1v) is 11.4. The molecule has 0 saturated heterocycles. The lowest BCUT2D eigenvalue weighted by Crippen LogP contribution is -2.18. The summed E-state index contributed by atoms with van der Waals surface area (Å²) < 4.78 is 32.0. The minimum Gasteiger partial charge on any atom is -0.457 e. The topological polar surface area (TPSA) is 55.8 Å². The van der Waals surface area contributed by atoms with Gasteiger partial charge in [-0.3, -0.25) is 0 Å². The van der Waals surface area contributed by atoms with Crippen LogP contribution in [0.3, 0.4) is 0 Å². The van der Waals surface area contributed by atoms with Crippen LogP contribution in [0.4, 0.5) is 0 Å². The van der Waals surface area contributed by atoms with Gasteiger partial charge in [0, 0.05) is 5.41 Å². The standard InChI is InChI=1S/C27H24O4S/c1-27(2,20-8-12-23(13-9-20)30-22-6-4-3-5-7-22)21-10-14-24(15-11-21)31-25-16-18-26(19-17-25)32(28)29/h3-19H,1-2H3,(H,28,29). The molecule has 0 amide bonds. The molecule has 0 heterocycles. The SMILES string of the molecule is CC(C)(c1ccc(Oc2ccccc2)cc1)c1ccc(Oc2ccc(S(=O)O)cc2)cc1. The highest BCUT2D eigenvalue weighted by atomic mass is 32.2. The summed E-state index contributed by atoms with van der Waals surface area (Å²) in [5.41, 5.74) is 2.14. The molecule has 32 heavy (non-hydrogen) atoms. The van der Waals surface area contributed by atoms with Crippen LogP contribution in [0, 0.1) is 0 Å². The minimum absolute atomic E-state index is 0.198. The van der Waals surface area contributed by atoms with Crippen molar-refractivity contribution in [2.24, 2.45) is 0 Å². The quantitative estimate of drug-likeness (QED) is 0.307. The maximum absolute atomic E-state index is 11.1. The second-order valence-electron chi connectivity index (χ2n) is 7.91. The number of benzene rings is 4. The molecule has 1 N–H and O–H groups in total. The third-order valence-corrected chi connectivity index (χ3v) is 6.07. The number of ether oxygens (including phenoxy) is 2. The molecule has 0 aromatic heterocycles. The van der Waals surface area contributed by atoms with Crippen LogP contribution in [0.15, 0.2) is 108 Å². The van der Waals surface area contributed by atoms with Gasteiger partial charge in [0.05, 0.1) is 4.90 Å². The summed E-state index contributed by atoms with van der Waals surface area (Å²) in [6.07, 6.45) is 0. The maximum Gasteiger partial charge on any atom is 0.186 e. The number of para-hydroxylation sites is 1. The molecule has 4 aromatic rings. The van der Waals surface area contributed by atoms with Crippen molar-refractivity contribution in [3.05, 3.63) is 114 Å². The van der Waals surface area contributed by atoms with Crippen LogP contribution in [0.5, 0.6) is 23.0 Å². The van der Waals surface area contributed by atoms with Gasteiger partial charge >= 0.3 is 0 Å². The van der Waals surface area contributed by atoms with E-state index in [2.05, 4.69) is 38.1 Å². The Kier molecular flexibility index (Phi) is 6.40. The Labute approximate surface area is 190 Å². The molecular formula is C27H24O4S.